The third-order valence-corrected chi connectivity index (χ3v) is 3.59. The largest absolute Gasteiger partial charge is 0.314 e. The average molecular weight is 249 g/mol. The SMILES string of the molecule is CCCNC(CCC(C)C)CCS(C)(=O)=O. The molecule has 98 valence electrons. The van der Waals surface area contributed by atoms with Crippen molar-refractivity contribution in [1.29, 1.82) is 0 Å². The maximum Gasteiger partial charge on any atom is 0.147 e. The van der Waals surface area contributed by atoms with Gasteiger partial charge in [-0.1, -0.05) is 20.8 Å². The first-order valence-electron chi connectivity index (χ1n) is 6.26. The fourth-order valence-electron chi connectivity index (χ4n) is 1.59. The Morgan fingerprint density at radius 2 is 1.75 bits per heavy atom. The quantitative estimate of drug-likeness (QED) is 0.681. The van der Waals surface area contributed by atoms with Crippen LogP contribution in [0.2, 0.25) is 0 Å². The molecule has 0 aliphatic heterocycles. The molecule has 0 spiro atoms. The van der Waals surface area contributed by atoms with Gasteiger partial charge in [0.15, 0.2) is 0 Å². The van der Waals surface area contributed by atoms with E-state index in [2.05, 4.69) is 26.1 Å². The molecule has 16 heavy (non-hydrogen) atoms. The number of hydrogen-bond donors (Lipinski definition) is 1. The van der Waals surface area contributed by atoms with Gasteiger partial charge < -0.3 is 5.32 Å². The van der Waals surface area contributed by atoms with Crippen LogP contribution in [0.4, 0.5) is 0 Å². The van der Waals surface area contributed by atoms with Crippen LogP contribution in [0.3, 0.4) is 0 Å². The van der Waals surface area contributed by atoms with Crippen molar-refractivity contribution < 1.29 is 8.42 Å². The van der Waals surface area contributed by atoms with E-state index in [1.165, 1.54) is 6.26 Å². The van der Waals surface area contributed by atoms with Gasteiger partial charge in [-0.15, -0.1) is 0 Å². The Labute approximate surface area is 101 Å². The number of hydrogen-bond acceptors (Lipinski definition) is 3. The maximum absolute atomic E-state index is 11.1. The molecule has 1 atom stereocenters. The molecule has 4 heteroatoms. The molecule has 0 saturated carbocycles. The Morgan fingerprint density at radius 1 is 1.12 bits per heavy atom. The highest BCUT2D eigenvalue weighted by Gasteiger charge is 2.12. The molecular formula is C12H27NO2S. The van der Waals surface area contributed by atoms with E-state index in [9.17, 15) is 8.42 Å². The van der Waals surface area contributed by atoms with E-state index in [4.69, 9.17) is 0 Å². The monoisotopic (exact) mass is 249 g/mol. The van der Waals surface area contributed by atoms with E-state index in [-0.39, 0.29) is 0 Å². The summed E-state index contributed by atoms with van der Waals surface area (Å²) < 4.78 is 22.2. The van der Waals surface area contributed by atoms with Gasteiger partial charge in [0.2, 0.25) is 0 Å². The molecule has 0 fully saturated rings. The minimum atomic E-state index is -2.82. The predicted molar refractivity (Wildman–Crippen MR) is 70.5 cm³/mol. The lowest BCUT2D eigenvalue weighted by atomic mass is 10.0. The summed E-state index contributed by atoms with van der Waals surface area (Å²) in [4.78, 5) is 0. The minimum Gasteiger partial charge on any atom is -0.314 e. The van der Waals surface area contributed by atoms with Crippen molar-refractivity contribution in [2.75, 3.05) is 18.6 Å². The number of nitrogens with one attached hydrogen (secondary N) is 1. The van der Waals surface area contributed by atoms with Gasteiger partial charge in [0, 0.05) is 12.3 Å². The van der Waals surface area contributed by atoms with Crippen LogP contribution in [0.5, 0.6) is 0 Å². The van der Waals surface area contributed by atoms with Crippen molar-refractivity contribution in [2.24, 2.45) is 5.92 Å². The van der Waals surface area contributed by atoms with Crippen molar-refractivity contribution in [3.63, 3.8) is 0 Å². The molecule has 3 nitrogen and oxygen atoms in total. The standard InChI is InChI=1S/C12H27NO2S/c1-5-9-13-12(7-6-11(2)3)8-10-16(4,14)15/h11-13H,5-10H2,1-4H3. The minimum absolute atomic E-state index is 0.298. The van der Waals surface area contributed by atoms with Crippen LogP contribution >= 0.6 is 0 Å². The van der Waals surface area contributed by atoms with Gasteiger partial charge in [-0.05, 0) is 38.1 Å². The van der Waals surface area contributed by atoms with Gasteiger partial charge in [0.1, 0.15) is 9.84 Å². The van der Waals surface area contributed by atoms with Crippen LogP contribution in [-0.2, 0) is 9.84 Å². The second-order valence-corrected chi connectivity index (χ2v) is 7.30. The molecular weight excluding hydrogens is 222 g/mol. The summed E-state index contributed by atoms with van der Waals surface area (Å²) in [5.41, 5.74) is 0. The third-order valence-electron chi connectivity index (χ3n) is 2.61. The zero-order valence-corrected chi connectivity index (χ0v) is 11.9. The van der Waals surface area contributed by atoms with Crippen LogP contribution in [-0.4, -0.2) is 33.0 Å². The molecule has 0 aromatic heterocycles. The van der Waals surface area contributed by atoms with Gasteiger partial charge in [-0.25, -0.2) is 8.42 Å². The van der Waals surface area contributed by atoms with Crippen molar-refractivity contribution in [3.8, 4) is 0 Å². The lowest BCUT2D eigenvalue weighted by Crippen LogP contribution is -2.32. The lowest BCUT2D eigenvalue weighted by molar-refractivity contribution is 0.420. The Kier molecular flexibility index (Phi) is 8.02. The Morgan fingerprint density at radius 3 is 2.19 bits per heavy atom. The second kappa shape index (κ2) is 8.07. The Hall–Kier alpha value is -0.0900. The molecule has 0 amide bonds. The molecule has 0 aromatic carbocycles. The van der Waals surface area contributed by atoms with Crippen LogP contribution in [0.15, 0.2) is 0 Å². The normalized spacial score (nSPS) is 14.3. The van der Waals surface area contributed by atoms with E-state index in [1.54, 1.807) is 0 Å². The van der Waals surface area contributed by atoms with Crippen molar-refractivity contribution in [2.45, 2.75) is 52.5 Å². The van der Waals surface area contributed by atoms with Gasteiger partial charge in [-0.2, -0.15) is 0 Å². The highest BCUT2D eigenvalue weighted by Crippen LogP contribution is 2.10. The highest BCUT2D eigenvalue weighted by atomic mass is 32.2. The van der Waals surface area contributed by atoms with Crippen LogP contribution in [0.25, 0.3) is 0 Å². The summed E-state index contributed by atoms with van der Waals surface area (Å²) >= 11 is 0. The zero-order chi connectivity index (χ0) is 12.6. The molecule has 0 rings (SSSR count). The fourth-order valence-corrected chi connectivity index (χ4v) is 2.30. The highest BCUT2D eigenvalue weighted by molar-refractivity contribution is 7.90. The van der Waals surface area contributed by atoms with Crippen molar-refractivity contribution in [1.82, 2.24) is 5.32 Å². The van der Waals surface area contributed by atoms with Gasteiger partial charge in [-0.3, -0.25) is 0 Å². The topological polar surface area (TPSA) is 46.2 Å². The summed E-state index contributed by atoms with van der Waals surface area (Å²) in [7, 11) is -2.82. The summed E-state index contributed by atoms with van der Waals surface area (Å²) in [6.45, 7) is 7.51. The summed E-state index contributed by atoms with van der Waals surface area (Å²) in [6, 6.07) is 0.358. The first kappa shape index (κ1) is 15.9. The smallest absolute Gasteiger partial charge is 0.147 e. The number of rotatable bonds is 9. The van der Waals surface area contributed by atoms with Gasteiger partial charge in [0.05, 0.1) is 5.75 Å². The van der Waals surface area contributed by atoms with Crippen molar-refractivity contribution >= 4 is 9.84 Å². The zero-order valence-electron chi connectivity index (χ0n) is 11.1. The second-order valence-electron chi connectivity index (χ2n) is 5.04. The van der Waals surface area contributed by atoms with E-state index in [0.717, 1.165) is 32.2 Å². The molecule has 0 aliphatic rings. The molecule has 1 unspecified atom stereocenters. The van der Waals surface area contributed by atoms with Crippen LogP contribution in [0, 0.1) is 5.92 Å². The average Bonchev–Trinajstić information content (AvgIpc) is 2.15. The maximum atomic E-state index is 11.1. The van der Waals surface area contributed by atoms with Gasteiger partial charge >= 0.3 is 0 Å². The summed E-state index contributed by atoms with van der Waals surface area (Å²) in [5.74, 6) is 0.982. The molecule has 1 N–H and O–H groups in total. The molecule has 0 bridgehead atoms. The first-order chi connectivity index (χ1) is 7.35. The molecule has 0 saturated heterocycles. The van der Waals surface area contributed by atoms with E-state index in [0.29, 0.717) is 17.7 Å². The first-order valence-corrected chi connectivity index (χ1v) is 8.32. The summed E-state index contributed by atoms with van der Waals surface area (Å²) in [5, 5.41) is 3.43. The van der Waals surface area contributed by atoms with Crippen LogP contribution in [0.1, 0.15) is 46.5 Å². The Balaban J connectivity index is 3.99. The van der Waals surface area contributed by atoms with E-state index in [1.807, 2.05) is 0 Å². The molecule has 0 aliphatic carbocycles. The van der Waals surface area contributed by atoms with E-state index < -0.39 is 9.84 Å². The van der Waals surface area contributed by atoms with Gasteiger partial charge in [0.25, 0.3) is 0 Å². The van der Waals surface area contributed by atoms with E-state index >= 15 is 0 Å². The van der Waals surface area contributed by atoms with Crippen LogP contribution < -0.4 is 5.32 Å². The molecule has 0 radical (unpaired) electrons. The predicted octanol–water partition coefficient (Wildman–Crippen LogP) is 2.23. The van der Waals surface area contributed by atoms with Crippen molar-refractivity contribution in [3.05, 3.63) is 0 Å². The molecule has 0 heterocycles. The fraction of sp³-hybridized carbons (Fsp3) is 1.00. The summed E-state index contributed by atoms with van der Waals surface area (Å²) in [6.07, 6.45) is 5.38. The third kappa shape index (κ3) is 10.4. The Bertz CT molecular complexity index is 260. The molecule has 0 aromatic rings. The lowest BCUT2D eigenvalue weighted by Gasteiger charge is -2.19. The number of sulfone groups is 1.